The second-order valence-corrected chi connectivity index (χ2v) is 7.94. The lowest BCUT2D eigenvalue weighted by Crippen LogP contribution is -2.58. The highest BCUT2D eigenvalue weighted by atomic mass is 32.2. The largest absolute Gasteiger partial charge is 0.467 e. The van der Waals surface area contributed by atoms with Gasteiger partial charge < -0.3 is 24.5 Å². The van der Waals surface area contributed by atoms with E-state index < -0.39 is 28.5 Å². The zero-order chi connectivity index (χ0) is 14.2. The fourth-order valence-corrected chi connectivity index (χ4v) is 6.07. The quantitative estimate of drug-likeness (QED) is 0.743. The molecule has 2 aliphatic heterocycles. The number of aliphatic hydroxyl groups excluding tert-OH is 3. The SMILES string of the molecule is OC1C(O)[C@H](C2(c3ccco3)SCCCS2)OC[C@H]1O. The minimum Gasteiger partial charge on any atom is -0.467 e. The lowest BCUT2D eigenvalue weighted by molar-refractivity contribution is -0.190. The Morgan fingerprint density at radius 2 is 1.90 bits per heavy atom. The standard InChI is InChI=1S/C13H18O5S2/c14-8-7-18-12(11(16)10(8)15)13(9-3-1-4-17-9)19-5-2-6-20-13/h1,3-4,8,10-12,14-16H,2,5-7H2/t8-,10?,11?,12-/m1/s1. The Labute approximate surface area is 125 Å². The highest BCUT2D eigenvalue weighted by molar-refractivity contribution is 8.18. The highest BCUT2D eigenvalue weighted by Gasteiger charge is 2.54. The van der Waals surface area contributed by atoms with E-state index in [2.05, 4.69) is 0 Å². The van der Waals surface area contributed by atoms with Gasteiger partial charge in [-0.25, -0.2) is 0 Å². The summed E-state index contributed by atoms with van der Waals surface area (Å²) in [6, 6.07) is 3.69. The summed E-state index contributed by atoms with van der Waals surface area (Å²) in [4.78, 5) is 0. The molecule has 3 N–H and O–H groups in total. The molecule has 5 nitrogen and oxygen atoms in total. The van der Waals surface area contributed by atoms with Crippen LogP contribution in [0.3, 0.4) is 0 Å². The highest BCUT2D eigenvalue weighted by Crippen LogP contribution is 2.55. The molecule has 0 amide bonds. The lowest BCUT2D eigenvalue weighted by atomic mass is 9.96. The van der Waals surface area contributed by atoms with Crippen LogP contribution < -0.4 is 0 Å². The van der Waals surface area contributed by atoms with Crippen LogP contribution in [-0.2, 0) is 8.82 Å². The molecular weight excluding hydrogens is 300 g/mol. The summed E-state index contributed by atoms with van der Waals surface area (Å²) in [5, 5.41) is 29.9. The van der Waals surface area contributed by atoms with Crippen molar-refractivity contribution in [1.29, 1.82) is 0 Å². The lowest BCUT2D eigenvalue weighted by Gasteiger charge is -2.46. The predicted octanol–water partition coefficient (Wildman–Crippen LogP) is 0.784. The first-order valence-electron chi connectivity index (χ1n) is 6.63. The molecule has 0 saturated carbocycles. The van der Waals surface area contributed by atoms with Crippen molar-refractivity contribution in [1.82, 2.24) is 0 Å². The zero-order valence-electron chi connectivity index (χ0n) is 10.8. The maximum atomic E-state index is 10.3. The summed E-state index contributed by atoms with van der Waals surface area (Å²) in [5.41, 5.74) is 0. The molecule has 3 rings (SSSR count). The zero-order valence-corrected chi connectivity index (χ0v) is 12.5. The van der Waals surface area contributed by atoms with E-state index in [4.69, 9.17) is 9.15 Å². The summed E-state index contributed by atoms with van der Waals surface area (Å²) < 4.78 is 10.7. The molecule has 2 fully saturated rings. The molecule has 0 bridgehead atoms. The predicted molar refractivity (Wildman–Crippen MR) is 77.7 cm³/mol. The van der Waals surface area contributed by atoms with Crippen molar-refractivity contribution in [2.24, 2.45) is 0 Å². The van der Waals surface area contributed by atoms with Gasteiger partial charge in [-0.2, -0.15) is 0 Å². The normalized spacial score (nSPS) is 37.8. The second-order valence-electron chi connectivity index (χ2n) is 5.00. The van der Waals surface area contributed by atoms with Gasteiger partial charge in [-0.3, -0.25) is 0 Å². The Morgan fingerprint density at radius 1 is 1.15 bits per heavy atom. The fourth-order valence-electron chi connectivity index (χ4n) is 2.61. The van der Waals surface area contributed by atoms with Gasteiger partial charge in [0.05, 0.1) is 12.9 Å². The van der Waals surface area contributed by atoms with Gasteiger partial charge in [-0.15, -0.1) is 23.5 Å². The van der Waals surface area contributed by atoms with E-state index in [-0.39, 0.29) is 6.61 Å². The molecule has 0 aliphatic carbocycles. The number of furan rings is 1. The van der Waals surface area contributed by atoms with Gasteiger partial charge in [0.2, 0.25) is 0 Å². The van der Waals surface area contributed by atoms with Gasteiger partial charge in [0.1, 0.15) is 34.3 Å². The van der Waals surface area contributed by atoms with Crippen molar-refractivity contribution < 1.29 is 24.5 Å². The first-order valence-corrected chi connectivity index (χ1v) is 8.60. The molecule has 2 unspecified atom stereocenters. The third-order valence-electron chi connectivity index (χ3n) is 3.66. The Kier molecular flexibility index (Phi) is 4.35. The van der Waals surface area contributed by atoms with Crippen molar-refractivity contribution in [2.75, 3.05) is 18.1 Å². The second kappa shape index (κ2) is 5.90. The minimum absolute atomic E-state index is 0.0203. The number of aliphatic hydroxyl groups is 3. The molecule has 7 heteroatoms. The number of ether oxygens (including phenoxy) is 1. The summed E-state index contributed by atoms with van der Waals surface area (Å²) in [6.07, 6.45) is -1.29. The van der Waals surface area contributed by atoms with Crippen LogP contribution in [0.2, 0.25) is 0 Å². The van der Waals surface area contributed by atoms with Crippen LogP contribution in [0.4, 0.5) is 0 Å². The van der Waals surface area contributed by atoms with Gasteiger partial charge in [0.15, 0.2) is 0 Å². The topological polar surface area (TPSA) is 83.1 Å². The van der Waals surface area contributed by atoms with Gasteiger partial charge in [0, 0.05) is 0 Å². The molecule has 0 aromatic carbocycles. The molecule has 1 aromatic heterocycles. The molecule has 2 aliphatic rings. The van der Waals surface area contributed by atoms with Gasteiger partial charge in [-0.1, -0.05) is 0 Å². The average Bonchev–Trinajstić information content (AvgIpc) is 3.00. The minimum atomic E-state index is -1.19. The van der Waals surface area contributed by atoms with Crippen molar-refractivity contribution in [3.63, 3.8) is 0 Å². The third-order valence-corrected chi connectivity index (χ3v) is 7.08. The number of hydrogen-bond acceptors (Lipinski definition) is 7. The smallest absolute Gasteiger partial charge is 0.148 e. The van der Waals surface area contributed by atoms with E-state index in [9.17, 15) is 15.3 Å². The van der Waals surface area contributed by atoms with Gasteiger partial charge >= 0.3 is 0 Å². The molecule has 0 spiro atoms. The maximum absolute atomic E-state index is 10.3. The molecule has 2 saturated heterocycles. The Balaban J connectivity index is 1.93. The van der Waals surface area contributed by atoms with Crippen LogP contribution in [0.25, 0.3) is 0 Å². The van der Waals surface area contributed by atoms with Crippen molar-refractivity contribution in [3.8, 4) is 0 Å². The van der Waals surface area contributed by atoms with Crippen LogP contribution in [0, 0.1) is 0 Å². The third kappa shape index (κ3) is 2.40. The van der Waals surface area contributed by atoms with Crippen LogP contribution in [-0.4, -0.2) is 57.8 Å². The van der Waals surface area contributed by atoms with Crippen molar-refractivity contribution in [2.45, 2.75) is 34.9 Å². The Hall–Kier alpha value is -0.180. The molecule has 112 valence electrons. The number of rotatable bonds is 2. The van der Waals surface area contributed by atoms with E-state index in [1.165, 1.54) is 0 Å². The first kappa shape index (κ1) is 14.7. The fraction of sp³-hybridized carbons (Fsp3) is 0.692. The molecular formula is C13H18O5S2. The van der Waals surface area contributed by atoms with Gasteiger partial charge in [0.25, 0.3) is 0 Å². The first-order chi connectivity index (χ1) is 9.65. The summed E-state index contributed by atoms with van der Waals surface area (Å²) in [7, 11) is 0. The monoisotopic (exact) mass is 318 g/mol. The molecule has 4 atom stereocenters. The molecule has 0 radical (unpaired) electrons. The Morgan fingerprint density at radius 3 is 2.55 bits per heavy atom. The van der Waals surface area contributed by atoms with E-state index in [0.29, 0.717) is 0 Å². The average molecular weight is 318 g/mol. The summed E-state index contributed by atoms with van der Waals surface area (Å²) in [5.74, 6) is 2.62. The summed E-state index contributed by atoms with van der Waals surface area (Å²) >= 11 is 3.35. The van der Waals surface area contributed by atoms with Crippen LogP contribution in [0.1, 0.15) is 12.2 Å². The molecule has 3 heterocycles. The van der Waals surface area contributed by atoms with E-state index in [1.807, 2.05) is 12.1 Å². The van der Waals surface area contributed by atoms with E-state index in [1.54, 1.807) is 29.8 Å². The van der Waals surface area contributed by atoms with E-state index >= 15 is 0 Å². The van der Waals surface area contributed by atoms with Crippen molar-refractivity contribution in [3.05, 3.63) is 24.2 Å². The number of hydrogen-bond donors (Lipinski definition) is 3. The van der Waals surface area contributed by atoms with Crippen LogP contribution in [0.5, 0.6) is 0 Å². The van der Waals surface area contributed by atoms with Crippen molar-refractivity contribution >= 4 is 23.5 Å². The summed E-state index contributed by atoms with van der Waals surface area (Å²) in [6.45, 7) is 0.0203. The van der Waals surface area contributed by atoms with Crippen LogP contribution >= 0.6 is 23.5 Å². The number of thioether (sulfide) groups is 2. The molecule has 20 heavy (non-hydrogen) atoms. The van der Waals surface area contributed by atoms with Crippen LogP contribution in [0.15, 0.2) is 22.8 Å². The molecule has 1 aromatic rings. The maximum Gasteiger partial charge on any atom is 0.148 e. The Bertz CT molecular complexity index is 432. The van der Waals surface area contributed by atoms with Gasteiger partial charge in [-0.05, 0) is 30.1 Å². The van der Waals surface area contributed by atoms with E-state index in [0.717, 1.165) is 23.7 Å².